The summed E-state index contributed by atoms with van der Waals surface area (Å²) in [5, 5.41) is 5.40. The molecule has 4 N–H and O–H groups in total. The molecule has 2 amide bonds. The Morgan fingerprint density at radius 2 is 2.14 bits per heavy atom. The first-order valence-corrected chi connectivity index (χ1v) is 7.06. The van der Waals surface area contributed by atoms with Crippen LogP contribution in [-0.2, 0) is 9.59 Å². The Hall–Kier alpha value is -2.08. The highest BCUT2D eigenvalue weighted by Gasteiger charge is 2.10. The number of ether oxygens (including phenoxy) is 1. The fraction of sp³-hybridized carbons (Fsp3) is 0.467. The Bertz CT molecular complexity index is 477. The number of carbonyl (C=O) groups is 2. The number of nitrogens with one attached hydrogen (secondary N) is 2. The van der Waals surface area contributed by atoms with Crippen molar-refractivity contribution in [2.75, 3.05) is 18.5 Å². The molecule has 0 aliphatic rings. The third-order valence-corrected chi connectivity index (χ3v) is 2.76. The molecule has 0 radical (unpaired) electrons. The quantitative estimate of drug-likeness (QED) is 0.629. The summed E-state index contributed by atoms with van der Waals surface area (Å²) in [6, 6.07) is 6.62. The normalized spacial score (nSPS) is 11.6. The van der Waals surface area contributed by atoms with Crippen molar-refractivity contribution in [3.63, 3.8) is 0 Å². The summed E-state index contributed by atoms with van der Waals surface area (Å²) in [6.45, 7) is 4.16. The predicted molar refractivity (Wildman–Crippen MR) is 82.1 cm³/mol. The van der Waals surface area contributed by atoms with Gasteiger partial charge in [0.1, 0.15) is 12.4 Å². The standard InChI is InChI=1S/C15H23N3O3/c1-3-5-14(16)15(20)17-8-9-21-13-7-4-6-12(10-13)18-11(2)19/h4,6-7,10,14H,3,5,8-9,16H2,1-2H3,(H,17,20)(H,18,19). The van der Waals surface area contributed by atoms with Crippen LogP contribution in [-0.4, -0.2) is 31.0 Å². The Morgan fingerprint density at radius 3 is 2.81 bits per heavy atom. The van der Waals surface area contributed by atoms with Gasteiger partial charge in [0.2, 0.25) is 11.8 Å². The van der Waals surface area contributed by atoms with Gasteiger partial charge in [0.25, 0.3) is 0 Å². The molecule has 0 saturated carbocycles. The summed E-state index contributed by atoms with van der Waals surface area (Å²) in [6.07, 6.45) is 1.55. The second-order valence-corrected chi connectivity index (χ2v) is 4.74. The van der Waals surface area contributed by atoms with Gasteiger partial charge in [-0.15, -0.1) is 0 Å². The molecule has 6 heteroatoms. The van der Waals surface area contributed by atoms with E-state index in [9.17, 15) is 9.59 Å². The smallest absolute Gasteiger partial charge is 0.237 e. The number of rotatable bonds is 8. The average molecular weight is 293 g/mol. The van der Waals surface area contributed by atoms with Crippen LogP contribution in [0.15, 0.2) is 24.3 Å². The first kappa shape index (κ1) is 17.0. The lowest BCUT2D eigenvalue weighted by Gasteiger charge is -2.12. The van der Waals surface area contributed by atoms with Gasteiger partial charge in [-0.05, 0) is 18.6 Å². The monoisotopic (exact) mass is 293 g/mol. The molecule has 0 aromatic heterocycles. The summed E-state index contributed by atoms with van der Waals surface area (Å²) in [7, 11) is 0. The minimum Gasteiger partial charge on any atom is -0.492 e. The molecule has 1 aromatic carbocycles. The van der Waals surface area contributed by atoms with Crippen LogP contribution in [0.2, 0.25) is 0 Å². The molecule has 116 valence electrons. The first-order chi connectivity index (χ1) is 10.0. The summed E-state index contributed by atoms with van der Waals surface area (Å²) >= 11 is 0. The SMILES string of the molecule is CCCC(N)C(=O)NCCOc1cccc(NC(C)=O)c1. The second-order valence-electron chi connectivity index (χ2n) is 4.74. The minimum absolute atomic E-state index is 0.135. The van der Waals surface area contributed by atoms with Crippen LogP contribution in [0.5, 0.6) is 5.75 Å². The highest BCUT2D eigenvalue weighted by atomic mass is 16.5. The van der Waals surface area contributed by atoms with Gasteiger partial charge in [-0.3, -0.25) is 9.59 Å². The largest absolute Gasteiger partial charge is 0.492 e. The van der Waals surface area contributed by atoms with E-state index in [0.29, 0.717) is 31.0 Å². The van der Waals surface area contributed by atoms with Crippen molar-refractivity contribution in [3.05, 3.63) is 24.3 Å². The minimum atomic E-state index is -0.460. The van der Waals surface area contributed by atoms with Crippen molar-refractivity contribution >= 4 is 17.5 Å². The van der Waals surface area contributed by atoms with Crippen LogP contribution in [0, 0.1) is 0 Å². The van der Waals surface area contributed by atoms with Crippen LogP contribution < -0.4 is 21.1 Å². The molecule has 1 atom stereocenters. The molecule has 0 saturated heterocycles. The first-order valence-electron chi connectivity index (χ1n) is 7.06. The topological polar surface area (TPSA) is 93.5 Å². The van der Waals surface area contributed by atoms with Crippen molar-refractivity contribution in [2.24, 2.45) is 5.73 Å². The van der Waals surface area contributed by atoms with Crippen LogP contribution in [0.1, 0.15) is 26.7 Å². The van der Waals surface area contributed by atoms with Crippen LogP contribution in [0.3, 0.4) is 0 Å². The number of nitrogens with two attached hydrogens (primary N) is 1. The van der Waals surface area contributed by atoms with E-state index in [0.717, 1.165) is 6.42 Å². The Kier molecular flexibility index (Phi) is 7.25. The van der Waals surface area contributed by atoms with Crippen LogP contribution in [0.4, 0.5) is 5.69 Å². The fourth-order valence-electron chi connectivity index (χ4n) is 1.78. The fourth-order valence-corrected chi connectivity index (χ4v) is 1.78. The zero-order chi connectivity index (χ0) is 15.7. The maximum absolute atomic E-state index is 11.6. The third-order valence-electron chi connectivity index (χ3n) is 2.76. The van der Waals surface area contributed by atoms with E-state index in [4.69, 9.17) is 10.5 Å². The highest BCUT2D eigenvalue weighted by molar-refractivity contribution is 5.88. The van der Waals surface area contributed by atoms with Gasteiger partial charge in [-0.25, -0.2) is 0 Å². The van der Waals surface area contributed by atoms with Crippen molar-refractivity contribution in [1.29, 1.82) is 0 Å². The third kappa shape index (κ3) is 6.76. The van der Waals surface area contributed by atoms with E-state index in [-0.39, 0.29) is 11.8 Å². The summed E-state index contributed by atoms with van der Waals surface area (Å²) < 4.78 is 5.51. The predicted octanol–water partition coefficient (Wildman–Crippen LogP) is 1.27. The molecule has 0 aliphatic heterocycles. The number of anilines is 1. The second kappa shape index (κ2) is 8.97. The van der Waals surface area contributed by atoms with Gasteiger partial charge in [0.05, 0.1) is 12.6 Å². The lowest BCUT2D eigenvalue weighted by atomic mass is 10.2. The molecule has 0 heterocycles. The van der Waals surface area contributed by atoms with Gasteiger partial charge >= 0.3 is 0 Å². The number of carbonyl (C=O) groups excluding carboxylic acids is 2. The lowest BCUT2D eigenvalue weighted by Crippen LogP contribution is -2.41. The molecule has 0 spiro atoms. The molecule has 1 aromatic rings. The average Bonchev–Trinajstić information content (AvgIpc) is 2.43. The molecule has 0 aliphatic carbocycles. The number of hydrogen-bond acceptors (Lipinski definition) is 4. The molecule has 0 fully saturated rings. The van der Waals surface area contributed by atoms with Gasteiger partial charge in [0.15, 0.2) is 0 Å². The van der Waals surface area contributed by atoms with E-state index in [1.165, 1.54) is 6.92 Å². The molecule has 6 nitrogen and oxygen atoms in total. The van der Waals surface area contributed by atoms with Crippen LogP contribution >= 0.6 is 0 Å². The molecule has 1 rings (SSSR count). The highest BCUT2D eigenvalue weighted by Crippen LogP contribution is 2.16. The molecule has 0 bridgehead atoms. The van der Waals surface area contributed by atoms with Crippen LogP contribution in [0.25, 0.3) is 0 Å². The maximum atomic E-state index is 11.6. The zero-order valence-corrected chi connectivity index (χ0v) is 12.5. The van der Waals surface area contributed by atoms with E-state index >= 15 is 0 Å². The van der Waals surface area contributed by atoms with Gasteiger partial charge in [-0.2, -0.15) is 0 Å². The molecular weight excluding hydrogens is 270 g/mol. The Morgan fingerprint density at radius 1 is 1.38 bits per heavy atom. The zero-order valence-electron chi connectivity index (χ0n) is 12.5. The summed E-state index contributed by atoms with van der Waals surface area (Å²) in [5.41, 5.74) is 6.37. The van der Waals surface area contributed by atoms with Crippen molar-refractivity contribution in [2.45, 2.75) is 32.7 Å². The van der Waals surface area contributed by atoms with Gasteiger partial charge in [0, 0.05) is 18.7 Å². The van der Waals surface area contributed by atoms with Gasteiger partial charge in [-0.1, -0.05) is 19.4 Å². The lowest BCUT2D eigenvalue weighted by molar-refractivity contribution is -0.122. The van der Waals surface area contributed by atoms with Crippen molar-refractivity contribution in [3.8, 4) is 5.75 Å². The number of amides is 2. The van der Waals surface area contributed by atoms with Gasteiger partial charge < -0.3 is 21.1 Å². The summed E-state index contributed by atoms with van der Waals surface area (Å²) in [4.78, 5) is 22.5. The molecule has 21 heavy (non-hydrogen) atoms. The Balaban J connectivity index is 2.32. The number of benzene rings is 1. The van der Waals surface area contributed by atoms with E-state index in [1.807, 2.05) is 6.92 Å². The molecule has 1 unspecified atom stereocenters. The van der Waals surface area contributed by atoms with E-state index in [1.54, 1.807) is 24.3 Å². The summed E-state index contributed by atoms with van der Waals surface area (Å²) in [5.74, 6) is 0.338. The van der Waals surface area contributed by atoms with E-state index in [2.05, 4.69) is 10.6 Å². The van der Waals surface area contributed by atoms with Crippen molar-refractivity contribution in [1.82, 2.24) is 5.32 Å². The molecular formula is C15H23N3O3. The number of hydrogen-bond donors (Lipinski definition) is 3. The van der Waals surface area contributed by atoms with Crippen molar-refractivity contribution < 1.29 is 14.3 Å². The maximum Gasteiger partial charge on any atom is 0.237 e. The Labute approximate surface area is 125 Å². The van der Waals surface area contributed by atoms with E-state index < -0.39 is 6.04 Å².